The summed E-state index contributed by atoms with van der Waals surface area (Å²) in [6.45, 7) is 4.51. The molecule has 0 fully saturated rings. The Kier molecular flexibility index (Phi) is 8.79. The average Bonchev–Trinajstić information content (AvgIpc) is 3.89. The molecular weight excluding hydrogens is 849 g/mol. The van der Waals surface area contributed by atoms with Gasteiger partial charge >= 0.3 is 12.4 Å². The van der Waals surface area contributed by atoms with Gasteiger partial charge in [-0.1, -0.05) is 159 Å². The number of hydrogen-bond donors (Lipinski definition) is 0. The van der Waals surface area contributed by atoms with Crippen LogP contribution in [0.5, 0.6) is 0 Å². The molecule has 0 radical (unpaired) electrons. The number of benzene rings is 9. The zero-order valence-electron chi connectivity index (χ0n) is 36.3. The molecule has 3 aliphatic carbocycles. The van der Waals surface area contributed by atoms with Crippen LogP contribution >= 0.6 is 0 Å². The predicted molar refractivity (Wildman–Crippen MR) is 256 cm³/mol. The van der Waals surface area contributed by atoms with E-state index in [-0.39, 0.29) is 5.41 Å². The summed E-state index contributed by atoms with van der Waals surface area (Å²) in [7, 11) is 0. The first-order valence-corrected chi connectivity index (χ1v) is 22.2. The number of fused-ring (bicyclic) bond motifs is 13. The molecule has 0 saturated carbocycles. The zero-order chi connectivity index (χ0) is 46.0. The minimum absolute atomic E-state index is 0.284. The van der Waals surface area contributed by atoms with Gasteiger partial charge in [-0.15, -0.1) is 0 Å². The van der Waals surface area contributed by atoms with E-state index < -0.39 is 28.9 Å². The van der Waals surface area contributed by atoms with Gasteiger partial charge in [0.25, 0.3) is 0 Å². The molecule has 1 spiro atoms. The van der Waals surface area contributed by atoms with Crippen LogP contribution in [-0.4, -0.2) is 0 Å². The lowest BCUT2D eigenvalue weighted by Gasteiger charge is -2.33. The topological polar surface area (TPSA) is 3.24 Å². The fourth-order valence-electron chi connectivity index (χ4n) is 11.4. The monoisotopic (exact) mass is 887 g/mol. The van der Waals surface area contributed by atoms with Gasteiger partial charge in [-0.05, 0) is 138 Å². The molecule has 0 aromatic heterocycles. The fraction of sp³-hybridized carbons (Fsp3) is 0.100. The van der Waals surface area contributed by atoms with Gasteiger partial charge in [-0.3, -0.25) is 0 Å². The number of alkyl halides is 6. The Morgan fingerprint density at radius 1 is 0.343 bits per heavy atom. The third-order valence-corrected chi connectivity index (χ3v) is 14.3. The molecule has 0 heterocycles. The maximum Gasteiger partial charge on any atom is 0.416 e. The zero-order valence-corrected chi connectivity index (χ0v) is 36.3. The summed E-state index contributed by atoms with van der Waals surface area (Å²) in [4.78, 5) is 2.25. The lowest BCUT2D eigenvalue weighted by atomic mass is 9.68. The van der Waals surface area contributed by atoms with Gasteiger partial charge in [0.2, 0.25) is 0 Å². The molecule has 0 aliphatic heterocycles. The third-order valence-electron chi connectivity index (χ3n) is 14.3. The average molecular weight is 888 g/mol. The molecule has 0 N–H and O–H groups in total. The third kappa shape index (κ3) is 5.96. The van der Waals surface area contributed by atoms with Crippen molar-refractivity contribution in [2.75, 3.05) is 4.90 Å². The van der Waals surface area contributed by atoms with Crippen molar-refractivity contribution in [3.05, 3.63) is 245 Å². The molecule has 0 saturated heterocycles. The SMILES string of the molecule is CC1(C)c2ccccc2-c2ccc(N(c3cccc(-c4cccc5c4C4(c6cc(C(F)(F)F)ccc6-c6ccc(C(F)(F)F)cc64)c4ccccc4-5)c3)c3ccccc3-c3ccccc3)cc21. The van der Waals surface area contributed by atoms with Crippen LogP contribution in [0.4, 0.5) is 43.4 Å². The van der Waals surface area contributed by atoms with Crippen LogP contribution in [-0.2, 0) is 23.2 Å². The number of hydrogen-bond acceptors (Lipinski definition) is 1. The standard InChI is InChI=1S/C60H39F6N/c1-57(2)50-23-9-6-19-44(50)46-31-28-41(35-52(46)57)67(55-25-11-8-18-42(55)36-14-4-3-5-15-36)40-17-12-16-37(32-40)43-21-13-22-49-45-20-7-10-24-51(45)58(56(43)49)53-33-38(59(61,62)63)26-29-47(53)48-30-27-39(34-54(48)58)60(64,65)66/h3-35H,1-2H3. The first-order valence-electron chi connectivity index (χ1n) is 22.2. The van der Waals surface area contributed by atoms with Crippen LogP contribution in [0.25, 0.3) is 55.6 Å². The Balaban J connectivity index is 1.12. The maximum absolute atomic E-state index is 14.8. The first-order chi connectivity index (χ1) is 32.3. The van der Waals surface area contributed by atoms with E-state index in [1.54, 1.807) is 0 Å². The molecule has 7 heteroatoms. The molecule has 12 rings (SSSR count). The molecule has 0 amide bonds. The highest BCUT2D eigenvalue weighted by molar-refractivity contribution is 6.00. The number of halogens is 6. The summed E-state index contributed by atoms with van der Waals surface area (Å²) in [5.74, 6) is 0. The second-order valence-electron chi connectivity index (χ2n) is 18.2. The highest BCUT2D eigenvalue weighted by atomic mass is 19.4. The molecule has 326 valence electrons. The Bertz CT molecular complexity index is 3420. The van der Waals surface area contributed by atoms with Gasteiger partial charge in [-0.2, -0.15) is 26.3 Å². The largest absolute Gasteiger partial charge is 0.416 e. The quantitative estimate of drug-likeness (QED) is 0.156. The van der Waals surface area contributed by atoms with Crippen LogP contribution in [0, 0.1) is 0 Å². The number of rotatable bonds is 5. The van der Waals surface area contributed by atoms with Gasteiger partial charge < -0.3 is 4.90 Å². The van der Waals surface area contributed by atoms with E-state index in [9.17, 15) is 26.3 Å². The Morgan fingerprint density at radius 2 is 0.821 bits per heavy atom. The summed E-state index contributed by atoms with van der Waals surface area (Å²) in [6, 6.07) is 62.2. The summed E-state index contributed by atoms with van der Waals surface area (Å²) < 4.78 is 88.7. The van der Waals surface area contributed by atoms with Crippen LogP contribution in [0.15, 0.2) is 200 Å². The van der Waals surface area contributed by atoms with E-state index in [4.69, 9.17) is 0 Å². The van der Waals surface area contributed by atoms with Crippen molar-refractivity contribution >= 4 is 17.1 Å². The van der Waals surface area contributed by atoms with Crippen LogP contribution < -0.4 is 4.90 Å². The second-order valence-corrected chi connectivity index (χ2v) is 18.2. The summed E-state index contributed by atoms with van der Waals surface area (Å²) in [5, 5.41) is 0. The van der Waals surface area contributed by atoms with Crippen molar-refractivity contribution in [3.8, 4) is 55.6 Å². The lowest BCUT2D eigenvalue weighted by Crippen LogP contribution is -2.27. The van der Waals surface area contributed by atoms with Crippen LogP contribution in [0.3, 0.4) is 0 Å². The van der Waals surface area contributed by atoms with Crippen molar-refractivity contribution in [1.82, 2.24) is 0 Å². The molecular formula is C60H39F6N. The van der Waals surface area contributed by atoms with Crippen LogP contribution in [0.1, 0.15) is 58.4 Å². The lowest BCUT2D eigenvalue weighted by molar-refractivity contribution is -0.138. The molecule has 3 aliphatic rings. The summed E-state index contributed by atoms with van der Waals surface area (Å²) >= 11 is 0. The number of nitrogens with zero attached hydrogens (tertiary/aromatic N) is 1. The normalized spacial score (nSPS) is 14.5. The predicted octanol–water partition coefficient (Wildman–Crippen LogP) is 17.2. The minimum Gasteiger partial charge on any atom is -0.310 e. The second kappa shape index (κ2) is 14.4. The van der Waals surface area contributed by atoms with Gasteiger partial charge in [0.15, 0.2) is 0 Å². The Labute approximate surface area is 384 Å². The highest BCUT2D eigenvalue weighted by Gasteiger charge is 2.54. The van der Waals surface area contributed by atoms with E-state index in [2.05, 4.69) is 97.6 Å². The van der Waals surface area contributed by atoms with Crippen molar-refractivity contribution in [3.63, 3.8) is 0 Å². The van der Waals surface area contributed by atoms with Gasteiger partial charge in [-0.25, -0.2) is 0 Å². The minimum atomic E-state index is -4.70. The molecule has 0 atom stereocenters. The fourth-order valence-corrected chi connectivity index (χ4v) is 11.4. The van der Waals surface area contributed by atoms with E-state index in [0.717, 1.165) is 69.1 Å². The molecule has 1 nitrogen and oxygen atoms in total. The molecule has 0 unspecified atom stereocenters. The van der Waals surface area contributed by atoms with Crippen LogP contribution in [0.2, 0.25) is 0 Å². The van der Waals surface area contributed by atoms with Crippen molar-refractivity contribution < 1.29 is 26.3 Å². The van der Waals surface area contributed by atoms with E-state index in [1.165, 1.54) is 34.4 Å². The summed E-state index contributed by atoms with van der Waals surface area (Å²) in [6.07, 6.45) is -9.40. The van der Waals surface area contributed by atoms with Gasteiger partial charge in [0, 0.05) is 22.4 Å². The van der Waals surface area contributed by atoms with Gasteiger partial charge in [0.1, 0.15) is 0 Å². The van der Waals surface area contributed by atoms with E-state index in [0.29, 0.717) is 38.9 Å². The number of para-hydroxylation sites is 1. The first kappa shape index (κ1) is 40.8. The van der Waals surface area contributed by atoms with Crippen molar-refractivity contribution in [2.45, 2.75) is 37.0 Å². The maximum atomic E-state index is 14.8. The van der Waals surface area contributed by atoms with Crippen molar-refractivity contribution in [2.24, 2.45) is 0 Å². The molecule has 9 aromatic rings. The smallest absolute Gasteiger partial charge is 0.310 e. The summed E-state index contributed by atoms with van der Waals surface area (Å²) in [5.41, 5.74) is 11.8. The molecule has 67 heavy (non-hydrogen) atoms. The number of anilines is 3. The van der Waals surface area contributed by atoms with E-state index in [1.807, 2.05) is 84.9 Å². The highest BCUT2D eigenvalue weighted by Crippen LogP contribution is 2.65. The van der Waals surface area contributed by atoms with Gasteiger partial charge in [0.05, 0.1) is 22.2 Å². The van der Waals surface area contributed by atoms with Crippen molar-refractivity contribution in [1.29, 1.82) is 0 Å². The molecule has 9 aromatic carbocycles. The Morgan fingerprint density at radius 3 is 1.49 bits per heavy atom. The van der Waals surface area contributed by atoms with E-state index >= 15 is 0 Å². The molecule has 0 bridgehead atoms. The Hall–Kier alpha value is -7.64.